The number of amides is 2. The lowest BCUT2D eigenvalue weighted by molar-refractivity contribution is -0.360. The third-order valence-electron chi connectivity index (χ3n) is 6.05. The van der Waals surface area contributed by atoms with Crippen LogP contribution in [0.2, 0.25) is 0 Å². The lowest BCUT2D eigenvalue weighted by Gasteiger charge is -2.20. The van der Waals surface area contributed by atoms with E-state index in [2.05, 4.69) is 30.6 Å². The van der Waals surface area contributed by atoms with Gasteiger partial charge in [0.1, 0.15) is 17.9 Å². The van der Waals surface area contributed by atoms with Crippen molar-refractivity contribution < 1.29 is 31.5 Å². The van der Waals surface area contributed by atoms with E-state index in [1.807, 2.05) is 32.0 Å². The molecule has 2 aromatic heterocycles. The van der Waals surface area contributed by atoms with E-state index in [0.29, 0.717) is 28.6 Å². The number of aromatic nitrogens is 5. The highest BCUT2D eigenvalue weighted by molar-refractivity contribution is 5.99. The molecule has 2 heterocycles. The molecule has 0 saturated carbocycles. The minimum atomic E-state index is -5.84. The predicted molar refractivity (Wildman–Crippen MR) is 144 cm³/mol. The highest BCUT2D eigenvalue weighted by atomic mass is 19.4. The maximum Gasteiger partial charge on any atom is 0.499 e. The Labute approximate surface area is 235 Å². The molecule has 0 saturated heterocycles. The summed E-state index contributed by atoms with van der Waals surface area (Å²) in [6.45, 7) is 3.93. The van der Waals surface area contributed by atoms with Crippen molar-refractivity contribution in [1.82, 2.24) is 24.5 Å². The highest BCUT2D eigenvalue weighted by Gasteiger charge is 2.61. The van der Waals surface area contributed by atoms with Gasteiger partial charge in [0, 0.05) is 17.3 Å². The number of anilines is 2. The first-order chi connectivity index (χ1) is 19.9. The second kappa shape index (κ2) is 11.0. The summed E-state index contributed by atoms with van der Waals surface area (Å²) < 4.78 is 70.1. The molecular weight excluding hydrogens is 561 g/mol. The molecule has 216 valence electrons. The van der Waals surface area contributed by atoms with Crippen LogP contribution >= 0.6 is 0 Å². The Balaban J connectivity index is 1.22. The first-order valence-electron chi connectivity index (χ1n) is 12.4. The van der Waals surface area contributed by atoms with E-state index in [9.17, 15) is 26.7 Å². The summed E-state index contributed by atoms with van der Waals surface area (Å²) >= 11 is 0. The molecule has 9 nitrogen and oxygen atoms in total. The molecule has 0 aliphatic heterocycles. The second-order valence-corrected chi connectivity index (χ2v) is 9.20. The van der Waals surface area contributed by atoms with Gasteiger partial charge >= 0.3 is 18.3 Å². The van der Waals surface area contributed by atoms with E-state index in [-0.39, 0.29) is 0 Å². The van der Waals surface area contributed by atoms with Crippen LogP contribution in [0.25, 0.3) is 22.8 Å². The number of ether oxygens (including phenoxy) is 1. The average molecular weight is 584 g/mol. The Hall–Kier alpha value is -5.27. The van der Waals surface area contributed by atoms with E-state index in [0.717, 1.165) is 28.9 Å². The molecule has 14 heteroatoms. The molecule has 3 aromatic carbocycles. The number of aryl methyl sites for hydroxylation is 2. The number of alkyl halides is 5. The molecule has 5 rings (SSSR count). The molecular formula is C28H22F5N7O2. The van der Waals surface area contributed by atoms with E-state index < -0.39 is 24.1 Å². The fourth-order valence-corrected chi connectivity index (χ4v) is 3.91. The van der Waals surface area contributed by atoms with Crippen LogP contribution in [-0.2, 0) is 0 Å². The van der Waals surface area contributed by atoms with Gasteiger partial charge in [0.25, 0.3) is 0 Å². The maximum absolute atomic E-state index is 13.1. The fraction of sp³-hybridized carbons (Fsp3) is 0.143. The molecule has 0 aliphatic rings. The van der Waals surface area contributed by atoms with Gasteiger partial charge in [-0.3, -0.25) is 5.32 Å². The van der Waals surface area contributed by atoms with Crippen molar-refractivity contribution in [1.29, 1.82) is 0 Å². The number of nitrogens with one attached hydrogen (secondary N) is 2. The highest BCUT2D eigenvalue weighted by Crippen LogP contribution is 2.37. The SMILES string of the molecule is Cc1ccc(C)c(-n2nccc2NC(=O)Nc2ccc(-c3ncn(-c4ccc(OC(F)(F)C(F)(F)F)cc4)n3)cc2)c1. The number of carbonyl (C=O) groups is 1. The summed E-state index contributed by atoms with van der Waals surface area (Å²) in [6, 6.07) is 18.3. The summed E-state index contributed by atoms with van der Waals surface area (Å²) in [7, 11) is 0. The molecule has 5 aromatic rings. The van der Waals surface area contributed by atoms with E-state index >= 15 is 0 Å². The zero-order valence-electron chi connectivity index (χ0n) is 22.0. The Kier molecular flexibility index (Phi) is 7.37. The first-order valence-corrected chi connectivity index (χ1v) is 12.4. The number of halogens is 5. The number of nitrogens with zero attached hydrogens (tertiary/aromatic N) is 5. The predicted octanol–water partition coefficient (Wildman–Crippen LogP) is 6.91. The standard InChI is InChI=1S/C28H22F5N7O2/c1-17-3-4-18(2)23(15-17)40-24(13-14-35-40)37-26(41)36-20-7-5-19(6-8-20)25-34-16-39(38-25)21-9-11-22(12-10-21)42-28(32,33)27(29,30)31/h3-16H,1-2H3,(H2,36,37,41). The largest absolute Gasteiger partial charge is 0.499 e. The lowest BCUT2D eigenvalue weighted by Crippen LogP contribution is -2.41. The summed E-state index contributed by atoms with van der Waals surface area (Å²) in [5.41, 5.74) is 4.36. The third-order valence-corrected chi connectivity index (χ3v) is 6.05. The van der Waals surface area contributed by atoms with Crippen molar-refractivity contribution in [3.63, 3.8) is 0 Å². The number of rotatable bonds is 7. The zero-order valence-corrected chi connectivity index (χ0v) is 22.0. The number of hydrogen-bond donors (Lipinski definition) is 2. The Bertz CT molecular complexity index is 1710. The van der Waals surface area contributed by atoms with Crippen LogP contribution in [0.3, 0.4) is 0 Å². The fourth-order valence-electron chi connectivity index (χ4n) is 3.91. The summed E-state index contributed by atoms with van der Waals surface area (Å²) in [5, 5.41) is 14.2. The Morgan fingerprint density at radius 3 is 2.29 bits per heavy atom. The average Bonchev–Trinajstić information content (AvgIpc) is 3.60. The van der Waals surface area contributed by atoms with Crippen molar-refractivity contribution in [2.75, 3.05) is 10.6 Å². The van der Waals surface area contributed by atoms with Crippen molar-refractivity contribution in [3.8, 4) is 28.5 Å². The van der Waals surface area contributed by atoms with Crippen molar-refractivity contribution >= 4 is 17.5 Å². The van der Waals surface area contributed by atoms with Gasteiger partial charge in [0.15, 0.2) is 5.82 Å². The van der Waals surface area contributed by atoms with Gasteiger partial charge in [-0.15, -0.1) is 5.10 Å². The molecule has 0 radical (unpaired) electrons. The van der Waals surface area contributed by atoms with E-state index in [1.54, 1.807) is 41.2 Å². The Morgan fingerprint density at radius 2 is 1.60 bits per heavy atom. The number of hydrogen-bond acceptors (Lipinski definition) is 5. The van der Waals surface area contributed by atoms with Crippen LogP contribution in [0, 0.1) is 13.8 Å². The van der Waals surface area contributed by atoms with E-state index in [1.165, 1.54) is 23.1 Å². The molecule has 2 N–H and O–H groups in total. The molecule has 42 heavy (non-hydrogen) atoms. The Morgan fingerprint density at radius 1 is 0.881 bits per heavy atom. The van der Waals surface area contributed by atoms with Crippen LogP contribution < -0.4 is 15.4 Å². The lowest BCUT2D eigenvalue weighted by atomic mass is 10.1. The van der Waals surface area contributed by atoms with Gasteiger partial charge < -0.3 is 10.1 Å². The van der Waals surface area contributed by atoms with Crippen LogP contribution in [0.4, 0.5) is 38.3 Å². The number of carbonyl (C=O) groups excluding carboxylic acids is 1. The number of benzene rings is 3. The second-order valence-electron chi connectivity index (χ2n) is 9.20. The van der Waals surface area contributed by atoms with Gasteiger partial charge in [-0.2, -0.15) is 27.1 Å². The van der Waals surface area contributed by atoms with Gasteiger partial charge in [-0.25, -0.2) is 19.1 Å². The van der Waals surface area contributed by atoms with Crippen molar-refractivity contribution in [2.24, 2.45) is 0 Å². The molecule has 0 atom stereocenters. The van der Waals surface area contributed by atoms with Gasteiger partial charge in [-0.05, 0) is 79.6 Å². The van der Waals surface area contributed by atoms with Crippen LogP contribution in [-0.4, -0.2) is 42.9 Å². The van der Waals surface area contributed by atoms with Gasteiger partial charge in [-0.1, -0.05) is 12.1 Å². The maximum atomic E-state index is 13.1. The van der Waals surface area contributed by atoms with Gasteiger partial charge in [0.05, 0.1) is 17.6 Å². The van der Waals surface area contributed by atoms with E-state index in [4.69, 9.17) is 0 Å². The number of urea groups is 1. The normalized spacial score (nSPS) is 11.8. The third kappa shape index (κ3) is 6.06. The molecule has 0 aliphatic carbocycles. The quantitative estimate of drug-likeness (QED) is 0.203. The van der Waals surface area contributed by atoms with Gasteiger partial charge in [0.2, 0.25) is 0 Å². The molecule has 2 amide bonds. The summed E-state index contributed by atoms with van der Waals surface area (Å²) in [4.78, 5) is 16.9. The smallest absolute Gasteiger partial charge is 0.426 e. The minimum absolute atomic E-state index is 0.312. The first kappa shape index (κ1) is 28.3. The van der Waals surface area contributed by atoms with Crippen LogP contribution in [0.1, 0.15) is 11.1 Å². The molecule has 0 spiro atoms. The van der Waals surface area contributed by atoms with Crippen molar-refractivity contribution in [3.05, 3.63) is 96.4 Å². The zero-order chi connectivity index (χ0) is 30.1. The van der Waals surface area contributed by atoms with Crippen molar-refractivity contribution in [2.45, 2.75) is 26.1 Å². The van der Waals surface area contributed by atoms with Crippen LogP contribution in [0.15, 0.2) is 85.3 Å². The molecule has 0 unspecified atom stereocenters. The topological polar surface area (TPSA) is 98.9 Å². The van der Waals surface area contributed by atoms with Crippen LogP contribution in [0.5, 0.6) is 5.75 Å². The molecule has 0 bridgehead atoms. The minimum Gasteiger partial charge on any atom is -0.426 e. The summed E-state index contributed by atoms with van der Waals surface area (Å²) in [5.74, 6) is 0.136. The monoisotopic (exact) mass is 583 g/mol. The molecule has 0 fully saturated rings. The summed E-state index contributed by atoms with van der Waals surface area (Å²) in [6.07, 6.45) is -8.22.